The molecule has 0 unspecified atom stereocenters. The Hall–Kier alpha value is -0.810. The smallest absolute Gasteiger partial charge is 0.182 e. The number of aryl methyl sites for hydroxylation is 1. The van der Waals surface area contributed by atoms with Gasteiger partial charge in [-0.3, -0.25) is 10.9 Å². The summed E-state index contributed by atoms with van der Waals surface area (Å²) in [5.41, 5.74) is 12.9. The molecule has 0 fully saturated rings. The highest BCUT2D eigenvalue weighted by Gasteiger charge is 1.97. The molecule has 0 aromatic heterocycles. The van der Waals surface area contributed by atoms with Crippen LogP contribution in [0.4, 0.5) is 5.69 Å². The first-order valence-electron chi connectivity index (χ1n) is 3.67. The summed E-state index contributed by atoms with van der Waals surface area (Å²) in [6.07, 6.45) is 0. The Kier molecular flexibility index (Phi) is 3.50. The van der Waals surface area contributed by atoms with Gasteiger partial charge in [-0.25, -0.2) is 0 Å². The van der Waals surface area contributed by atoms with Crippen LogP contribution in [0.2, 0.25) is 0 Å². The van der Waals surface area contributed by atoms with Gasteiger partial charge in [0.1, 0.15) is 0 Å². The molecule has 1 aromatic rings. The lowest BCUT2D eigenvalue weighted by Crippen LogP contribution is -2.34. The molecule has 0 aliphatic rings. The predicted molar refractivity (Wildman–Crippen MR) is 62.4 cm³/mol. The average Bonchev–Trinajstić information content (AvgIpc) is 2.02. The molecule has 0 spiro atoms. The van der Waals surface area contributed by atoms with Gasteiger partial charge in [0, 0.05) is 4.47 Å². The fourth-order valence-electron chi connectivity index (χ4n) is 0.896. The van der Waals surface area contributed by atoms with Gasteiger partial charge in [-0.15, -0.1) is 0 Å². The number of benzene rings is 1. The minimum absolute atomic E-state index is 0.224. The Labute approximate surface area is 90.8 Å². The third-order valence-corrected chi connectivity index (χ3v) is 2.10. The van der Waals surface area contributed by atoms with Crippen molar-refractivity contribution < 1.29 is 0 Å². The van der Waals surface area contributed by atoms with Crippen LogP contribution in [0.1, 0.15) is 5.56 Å². The Bertz CT molecular complexity index is 327. The molecule has 0 amide bonds. The van der Waals surface area contributed by atoms with Crippen molar-refractivity contribution in [2.24, 2.45) is 5.73 Å². The Morgan fingerprint density at radius 2 is 2.23 bits per heavy atom. The highest BCUT2D eigenvalue weighted by molar-refractivity contribution is 9.10. The quantitative estimate of drug-likeness (QED) is 0.561. The summed E-state index contributed by atoms with van der Waals surface area (Å²) >= 11 is 8.04. The van der Waals surface area contributed by atoms with Crippen LogP contribution in [0, 0.1) is 6.92 Å². The van der Waals surface area contributed by atoms with Gasteiger partial charge in [-0.2, -0.15) is 0 Å². The summed E-state index contributed by atoms with van der Waals surface area (Å²) in [5.74, 6) is 0. The van der Waals surface area contributed by atoms with Crippen molar-refractivity contribution in [3.05, 3.63) is 28.2 Å². The molecule has 0 saturated carbocycles. The first-order valence-corrected chi connectivity index (χ1v) is 4.87. The minimum atomic E-state index is 0.224. The first kappa shape index (κ1) is 10.3. The normalized spacial score (nSPS) is 9.38. The molecule has 0 atom stereocenters. The van der Waals surface area contributed by atoms with Gasteiger partial charge < -0.3 is 5.73 Å². The van der Waals surface area contributed by atoms with Crippen LogP contribution < -0.4 is 16.6 Å². The van der Waals surface area contributed by atoms with Crippen LogP contribution in [0.15, 0.2) is 22.7 Å². The van der Waals surface area contributed by atoms with Gasteiger partial charge in [0.25, 0.3) is 0 Å². The lowest BCUT2D eigenvalue weighted by molar-refractivity contribution is 1.12. The second kappa shape index (κ2) is 4.43. The standard InChI is InChI=1S/C8H10BrN3S/c1-5-4-6(9)2-3-7(5)11-12-8(10)13/h2-4,11H,1H3,(H3,10,12,13). The third kappa shape index (κ3) is 3.20. The highest BCUT2D eigenvalue weighted by atomic mass is 79.9. The van der Waals surface area contributed by atoms with E-state index < -0.39 is 0 Å². The van der Waals surface area contributed by atoms with E-state index in [1.807, 2.05) is 25.1 Å². The number of hydrazine groups is 1. The maximum atomic E-state index is 5.27. The van der Waals surface area contributed by atoms with Crippen molar-refractivity contribution in [1.29, 1.82) is 0 Å². The van der Waals surface area contributed by atoms with Gasteiger partial charge >= 0.3 is 0 Å². The molecule has 4 N–H and O–H groups in total. The minimum Gasteiger partial charge on any atom is -0.375 e. The number of thiocarbonyl (C=S) groups is 1. The van der Waals surface area contributed by atoms with Gasteiger partial charge in [0.05, 0.1) is 5.69 Å². The molecule has 70 valence electrons. The van der Waals surface area contributed by atoms with E-state index in [0.29, 0.717) is 0 Å². The molecule has 1 rings (SSSR count). The lowest BCUT2D eigenvalue weighted by atomic mass is 10.2. The van der Waals surface area contributed by atoms with Gasteiger partial charge in [0.15, 0.2) is 5.11 Å². The molecule has 0 bridgehead atoms. The summed E-state index contributed by atoms with van der Waals surface area (Å²) in [4.78, 5) is 0. The van der Waals surface area contributed by atoms with Crippen molar-refractivity contribution in [2.45, 2.75) is 6.92 Å². The SMILES string of the molecule is Cc1cc(Br)ccc1NNC(N)=S. The van der Waals surface area contributed by atoms with E-state index in [-0.39, 0.29) is 5.11 Å². The summed E-state index contributed by atoms with van der Waals surface area (Å²) in [6.45, 7) is 1.99. The van der Waals surface area contributed by atoms with E-state index in [1.165, 1.54) is 0 Å². The lowest BCUT2D eigenvalue weighted by Gasteiger charge is -2.10. The van der Waals surface area contributed by atoms with Gasteiger partial charge in [-0.1, -0.05) is 15.9 Å². The van der Waals surface area contributed by atoms with E-state index in [9.17, 15) is 0 Å². The van der Waals surface area contributed by atoms with E-state index in [2.05, 4.69) is 39.0 Å². The zero-order valence-electron chi connectivity index (χ0n) is 7.10. The third-order valence-electron chi connectivity index (χ3n) is 1.51. The van der Waals surface area contributed by atoms with Crippen LogP contribution in [-0.2, 0) is 0 Å². The molecular formula is C8H10BrN3S. The molecule has 0 radical (unpaired) electrons. The Morgan fingerprint density at radius 1 is 1.54 bits per heavy atom. The van der Waals surface area contributed by atoms with Crippen molar-refractivity contribution in [2.75, 3.05) is 5.43 Å². The summed E-state index contributed by atoms with van der Waals surface area (Å²) in [7, 11) is 0. The van der Waals surface area contributed by atoms with Crippen molar-refractivity contribution in [3.63, 3.8) is 0 Å². The van der Waals surface area contributed by atoms with Gasteiger partial charge in [-0.05, 0) is 42.9 Å². The van der Waals surface area contributed by atoms with Crippen LogP contribution in [0.5, 0.6) is 0 Å². The molecular weight excluding hydrogens is 250 g/mol. The van der Waals surface area contributed by atoms with E-state index in [0.717, 1.165) is 15.7 Å². The number of hydrogen-bond donors (Lipinski definition) is 3. The maximum Gasteiger partial charge on any atom is 0.182 e. The summed E-state index contributed by atoms with van der Waals surface area (Å²) < 4.78 is 1.05. The Morgan fingerprint density at radius 3 is 2.77 bits per heavy atom. The summed E-state index contributed by atoms with van der Waals surface area (Å²) in [5, 5.41) is 0.224. The van der Waals surface area contributed by atoms with Gasteiger partial charge in [0.2, 0.25) is 0 Å². The van der Waals surface area contributed by atoms with Crippen LogP contribution in [0.3, 0.4) is 0 Å². The number of hydrogen-bond acceptors (Lipinski definition) is 2. The first-order chi connectivity index (χ1) is 6.09. The monoisotopic (exact) mass is 259 g/mol. The average molecular weight is 260 g/mol. The van der Waals surface area contributed by atoms with E-state index in [1.54, 1.807) is 0 Å². The zero-order valence-corrected chi connectivity index (χ0v) is 9.50. The molecule has 0 heterocycles. The molecule has 1 aromatic carbocycles. The number of anilines is 1. The number of halogens is 1. The molecule has 5 heteroatoms. The van der Waals surface area contributed by atoms with E-state index >= 15 is 0 Å². The van der Waals surface area contributed by atoms with E-state index in [4.69, 9.17) is 5.73 Å². The number of rotatable bonds is 2. The molecule has 0 aliphatic heterocycles. The topological polar surface area (TPSA) is 50.1 Å². The highest BCUT2D eigenvalue weighted by Crippen LogP contribution is 2.18. The van der Waals surface area contributed by atoms with Crippen molar-refractivity contribution >= 4 is 38.9 Å². The van der Waals surface area contributed by atoms with Crippen LogP contribution in [0.25, 0.3) is 0 Å². The molecule has 0 saturated heterocycles. The molecule has 13 heavy (non-hydrogen) atoms. The maximum absolute atomic E-state index is 5.27. The predicted octanol–water partition coefficient (Wildman–Crippen LogP) is 1.92. The van der Waals surface area contributed by atoms with Crippen molar-refractivity contribution in [3.8, 4) is 0 Å². The number of nitrogens with one attached hydrogen (secondary N) is 2. The van der Waals surface area contributed by atoms with Crippen LogP contribution >= 0.6 is 28.1 Å². The number of nitrogens with two attached hydrogens (primary N) is 1. The fourth-order valence-corrected chi connectivity index (χ4v) is 1.42. The second-order valence-electron chi connectivity index (χ2n) is 2.57. The summed E-state index contributed by atoms with van der Waals surface area (Å²) in [6, 6.07) is 5.88. The zero-order chi connectivity index (χ0) is 9.84. The Balaban J connectivity index is 2.72. The van der Waals surface area contributed by atoms with Crippen LogP contribution in [-0.4, -0.2) is 5.11 Å². The fraction of sp³-hybridized carbons (Fsp3) is 0.125. The second-order valence-corrected chi connectivity index (χ2v) is 3.93. The molecule has 3 nitrogen and oxygen atoms in total. The largest absolute Gasteiger partial charge is 0.375 e. The molecule has 0 aliphatic carbocycles. The van der Waals surface area contributed by atoms with Crippen molar-refractivity contribution in [1.82, 2.24) is 5.43 Å².